The van der Waals surface area contributed by atoms with Crippen molar-refractivity contribution in [2.75, 3.05) is 7.05 Å². The molecule has 0 aliphatic heterocycles. The van der Waals surface area contributed by atoms with Crippen LogP contribution in [0.2, 0.25) is 0 Å². The lowest BCUT2D eigenvalue weighted by atomic mass is 10.0. The fourth-order valence-corrected chi connectivity index (χ4v) is 2.39. The molecule has 5 nitrogen and oxygen atoms in total. The van der Waals surface area contributed by atoms with Gasteiger partial charge in [0.25, 0.3) is 0 Å². The molecule has 100 valence electrons. The Morgan fingerprint density at radius 3 is 2.17 bits per heavy atom. The fraction of sp³-hybridized carbons (Fsp3) is 0.417. The van der Waals surface area contributed by atoms with Gasteiger partial charge in [0.1, 0.15) is 5.78 Å². The molecule has 0 spiro atoms. The standard InChI is InChI=1S/C12H18NO4P/c1-9(14)12(13-2)7-10-3-5-11(6-4-10)8-18(15,16)17/h3-6,12-13H,7-8H2,1-2H3,(H2,15,16,17). The Morgan fingerprint density at radius 1 is 1.28 bits per heavy atom. The largest absolute Gasteiger partial charge is 0.329 e. The quantitative estimate of drug-likeness (QED) is 0.674. The van der Waals surface area contributed by atoms with Gasteiger partial charge >= 0.3 is 7.60 Å². The Hall–Kier alpha value is -1.00. The molecule has 6 heteroatoms. The Labute approximate surface area is 106 Å². The van der Waals surface area contributed by atoms with Crippen LogP contribution in [0.1, 0.15) is 18.1 Å². The number of rotatable bonds is 6. The molecule has 18 heavy (non-hydrogen) atoms. The molecule has 0 saturated heterocycles. The maximum Gasteiger partial charge on any atom is 0.329 e. The molecule has 1 unspecified atom stereocenters. The summed E-state index contributed by atoms with van der Waals surface area (Å²) in [6, 6.07) is 6.72. The summed E-state index contributed by atoms with van der Waals surface area (Å²) in [7, 11) is -2.29. The second-order valence-electron chi connectivity index (χ2n) is 4.30. The van der Waals surface area contributed by atoms with Gasteiger partial charge in [0, 0.05) is 0 Å². The lowest BCUT2D eigenvalue weighted by Crippen LogP contribution is -2.34. The number of likely N-dealkylation sites (N-methyl/N-ethyl adjacent to an activating group) is 1. The fourth-order valence-electron chi connectivity index (χ4n) is 1.70. The van der Waals surface area contributed by atoms with E-state index >= 15 is 0 Å². The molecule has 0 amide bonds. The van der Waals surface area contributed by atoms with Crippen LogP contribution in [0, 0.1) is 0 Å². The van der Waals surface area contributed by atoms with Crippen molar-refractivity contribution in [3.63, 3.8) is 0 Å². The smallest absolute Gasteiger partial charge is 0.324 e. The summed E-state index contributed by atoms with van der Waals surface area (Å²) in [5, 5.41) is 2.93. The van der Waals surface area contributed by atoms with Gasteiger partial charge in [-0.3, -0.25) is 9.36 Å². The number of Topliss-reactive ketones (excluding diaryl/α,β-unsaturated/α-hetero) is 1. The lowest BCUT2D eigenvalue weighted by Gasteiger charge is -2.13. The normalized spacial score (nSPS) is 13.3. The van der Waals surface area contributed by atoms with E-state index in [0.717, 1.165) is 5.56 Å². The Kier molecular flexibility index (Phi) is 5.23. The average molecular weight is 271 g/mol. The number of benzene rings is 1. The first-order chi connectivity index (χ1) is 8.31. The van der Waals surface area contributed by atoms with Gasteiger partial charge < -0.3 is 15.1 Å². The van der Waals surface area contributed by atoms with E-state index in [0.29, 0.717) is 12.0 Å². The van der Waals surface area contributed by atoms with Gasteiger partial charge in [0.2, 0.25) is 0 Å². The molecule has 1 aromatic rings. The highest BCUT2D eigenvalue weighted by Gasteiger charge is 2.15. The van der Waals surface area contributed by atoms with Crippen molar-refractivity contribution in [1.82, 2.24) is 5.32 Å². The molecular weight excluding hydrogens is 253 g/mol. The summed E-state index contributed by atoms with van der Waals surface area (Å²) in [5.74, 6) is 0.0665. The van der Waals surface area contributed by atoms with Crippen LogP contribution in [0.3, 0.4) is 0 Å². The molecule has 0 saturated carbocycles. The molecule has 0 fully saturated rings. The predicted molar refractivity (Wildman–Crippen MR) is 69.4 cm³/mol. The lowest BCUT2D eigenvalue weighted by molar-refractivity contribution is -0.118. The van der Waals surface area contributed by atoms with Crippen LogP contribution in [0.4, 0.5) is 0 Å². The third kappa shape index (κ3) is 5.10. The van der Waals surface area contributed by atoms with Crippen LogP contribution in [-0.4, -0.2) is 28.7 Å². The second kappa shape index (κ2) is 6.25. The Morgan fingerprint density at radius 2 is 1.78 bits per heavy atom. The van der Waals surface area contributed by atoms with Crippen molar-refractivity contribution in [2.45, 2.75) is 25.5 Å². The molecule has 0 bridgehead atoms. The molecule has 1 atom stereocenters. The molecule has 0 aromatic heterocycles. The van der Waals surface area contributed by atoms with Gasteiger partial charge in [-0.2, -0.15) is 0 Å². The summed E-state index contributed by atoms with van der Waals surface area (Å²) < 4.78 is 10.8. The van der Waals surface area contributed by atoms with Gasteiger partial charge in [0.15, 0.2) is 0 Å². The minimum atomic E-state index is -4.02. The van der Waals surface area contributed by atoms with Crippen molar-refractivity contribution in [3.05, 3.63) is 35.4 Å². The monoisotopic (exact) mass is 271 g/mol. The second-order valence-corrected chi connectivity index (χ2v) is 5.94. The molecule has 0 aliphatic carbocycles. The minimum Gasteiger partial charge on any atom is -0.324 e. The Balaban J connectivity index is 2.71. The van der Waals surface area contributed by atoms with Crippen molar-refractivity contribution < 1.29 is 19.1 Å². The molecule has 3 N–H and O–H groups in total. The number of ketones is 1. The first-order valence-corrected chi connectivity index (χ1v) is 7.41. The molecular formula is C12H18NO4P. The minimum absolute atomic E-state index is 0.0665. The summed E-state index contributed by atoms with van der Waals surface area (Å²) in [6.45, 7) is 1.53. The van der Waals surface area contributed by atoms with E-state index in [4.69, 9.17) is 9.79 Å². The summed E-state index contributed by atoms with van der Waals surface area (Å²) in [5.41, 5.74) is 1.55. The SMILES string of the molecule is CNC(Cc1ccc(CP(=O)(O)O)cc1)C(C)=O. The number of hydrogen-bond acceptors (Lipinski definition) is 3. The first-order valence-electron chi connectivity index (χ1n) is 5.62. The zero-order valence-electron chi connectivity index (χ0n) is 10.5. The highest BCUT2D eigenvalue weighted by atomic mass is 31.2. The van der Waals surface area contributed by atoms with Crippen molar-refractivity contribution in [3.8, 4) is 0 Å². The van der Waals surface area contributed by atoms with Gasteiger partial charge in [-0.25, -0.2) is 0 Å². The van der Waals surface area contributed by atoms with Crippen LogP contribution in [0.25, 0.3) is 0 Å². The van der Waals surface area contributed by atoms with E-state index in [1.165, 1.54) is 6.92 Å². The third-order valence-corrected chi connectivity index (χ3v) is 3.47. The van der Waals surface area contributed by atoms with E-state index in [9.17, 15) is 9.36 Å². The molecule has 1 aromatic carbocycles. The number of hydrogen-bond donors (Lipinski definition) is 3. The van der Waals surface area contributed by atoms with Gasteiger partial charge in [-0.05, 0) is 31.5 Å². The Bertz CT molecular complexity index is 452. The molecule has 0 heterocycles. The van der Waals surface area contributed by atoms with E-state index < -0.39 is 7.60 Å². The zero-order valence-corrected chi connectivity index (χ0v) is 11.4. The summed E-state index contributed by atoms with van der Waals surface area (Å²) >= 11 is 0. The van der Waals surface area contributed by atoms with E-state index in [2.05, 4.69) is 5.32 Å². The van der Waals surface area contributed by atoms with Crippen molar-refractivity contribution >= 4 is 13.4 Å². The number of carbonyl (C=O) groups is 1. The number of nitrogens with one attached hydrogen (secondary N) is 1. The van der Waals surface area contributed by atoms with E-state index in [1.54, 1.807) is 31.3 Å². The maximum atomic E-state index is 11.3. The van der Waals surface area contributed by atoms with Gasteiger partial charge in [-0.1, -0.05) is 24.3 Å². The molecule has 1 rings (SSSR count). The number of carbonyl (C=O) groups excluding carboxylic acids is 1. The third-order valence-electron chi connectivity index (χ3n) is 2.69. The van der Waals surface area contributed by atoms with Crippen molar-refractivity contribution in [1.29, 1.82) is 0 Å². The van der Waals surface area contributed by atoms with Gasteiger partial charge in [0.05, 0.1) is 12.2 Å². The predicted octanol–water partition coefficient (Wildman–Crippen LogP) is 1.08. The van der Waals surface area contributed by atoms with E-state index in [1.807, 2.05) is 0 Å². The average Bonchev–Trinajstić information content (AvgIpc) is 2.25. The zero-order chi connectivity index (χ0) is 13.8. The molecule has 0 radical (unpaired) electrons. The molecule has 0 aliphatic rings. The van der Waals surface area contributed by atoms with E-state index in [-0.39, 0.29) is 18.0 Å². The van der Waals surface area contributed by atoms with Gasteiger partial charge in [-0.15, -0.1) is 0 Å². The summed E-state index contributed by atoms with van der Waals surface area (Å²) in [4.78, 5) is 29.0. The maximum absolute atomic E-state index is 11.3. The summed E-state index contributed by atoms with van der Waals surface area (Å²) in [6.07, 6.45) is 0.317. The van der Waals surface area contributed by atoms with Crippen molar-refractivity contribution in [2.24, 2.45) is 0 Å². The van der Waals surface area contributed by atoms with Crippen LogP contribution in [0.5, 0.6) is 0 Å². The topological polar surface area (TPSA) is 86.6 Å². The highest BCUT2D eigenvalue weighted by molar-refractivity contribution is 7.50. The van der Waals surface area contributed by atoms with Crippen LogP contribution in [0.15, 0.2) is 24.3 Å². The van der Waals surface area contributed by atoms with Crippen LogP contribution >= 0.6 is 7.60 Å². The van der Waals surface area contributed by atoms with Crippen LogP contribution in [-0.2, 0) is 21.9 Å². The first kappa shape index (κ1) is 15.1. The van der Waals surface area contributed by atoms with Crippen LogP contribution < -0.4 is 5.32 Å². The highest BCUT2D eigenvalue weighted by Crippen LogP contribution is 2.38.